The molecule has 1 saturated carbocycles. The average Bonchev–Trinajstić information content (AvgIpc) is 3.47. The fourth-order valence-electron chi connectivity index (χ4n) is 2.69. The van der Waals surface area contributed by atoms with Crippen LogP contribution in [0.15, 0.2) is 42.5 Å². The predicted molar refractivity (Wildman–Crippen MR) is 97.7 cm³/mol. The molecule has 28 heavy (non-hydrogen) atoms. The maximum atomic E-state index is 13.7. The largest absolute Gasteiger partial charge is 0.462 e. The van der Waals surface area contributed by atoms with Crippen molar-refractivity contribution in [3.63, 3.8) is 0 Å². The molecule has 2 N–H and O–H groups in total. The molecule has 0 heterocycles. The number of rotatable bonds is 6. The molecule has 0 radical (unpaired) electrons. The summed E-state index contributed by atoms with van der Waals surface area (Å²) in [4.78, 5) is 36.7. The first kappa shape index (κ1) is 19.5. The van der Waals surface area contributed by atoms with Crippen LogP contribution in [0, 0.1) is 17.0 Å². The number of esters is 1. The van der Waals surface area contributed by atoms with E-state index in [0.717, 1.165) is 12.1 Å². The number of hydrogen-bond donors (Lipinski definition) is 2. The molecule has 146 valence electrons. The number of anilines is 2. The molecule has 3 rings (SSSR count). The monoisotopic (exact) mass is 388 g/mol. The van der Waals surface area contributed by atoms with Crippen LogP contribution in [0.3, 0.4) is 0 Å². The molecule has 0 saturated heterocycles. The summed E-state index contributed by atoms with van der Waals surface area (Å²) in [6.07, 6.45) is 0.531. The minimum Gasteiger partial charge on any atom is -0.462 e. The van der Waals surface area contributed by atoms with Gasteiger partial charge in [-0.25, -0.2) is 13.6 Å². The van der Waals surface area contributed by atoms with Crippen LogP contribution in [0.5, 0.6) is 0 Å². The number of amides is 2. The summed E-state index contributed by atoms with van der Waals surface area (Å²) in [7, 11) is 0. The Morgan fingerprint density at radius 2 is 1.54 bits per heavy atom. The van der Waals surface area contributed by atoms with Gasteiger partial charge in [-0.05, 0) is 56.2 Å². The highest BCUT2D eigenvalue weighted by Crippen LogP contribution is 2.47. The van der Waals surface area contributed by atoms with Crippen molar-refractivity contribution < 1.29 is 27.9 Å². The van der Waals surface area contributed by atoms with E-state index in [1.165, 1.54) is 30.3 Å². The van der Waals surface area contributed by atoms with Crippen molar-refractivity contribution >= 4 is 29.2 Å². The van der Waals surface area contributed by atoms with Crippen LogP contribution in [-0.2, 0) is 14.3 Å². The lowest BCUT2D eigenvalue weighted by atomic mass is 10.0. The summed E-state index contributed by atoms with van der Waals surface area (Å²) in [6, 6.07) is 9.21. The Morgan fingerprint density at radius 3 is 2.07 bits per heavy atom. The van der Waals surface area contributed by atoms with Gasteiger partial charge >= 0.3 is 5.97 Å². The molecule has 1 aliphatic rings. The van der Waals surface area contributed by atoms with E-state index in [1.54, 1.807) is 6.92 Å². The molecule has 0 spiro atoms. The van der Waals surface area contributed by atoms with Crippen molar-refractivity contribution in [2.75, 3.05) is 17.2 Å². The van der Waals surface area contributed by atoms with Gasteiger partial charge in [0.05, 0.1) is 12.2 Å². The summed E-state index contributed by atoms with van der Waals surface area (Å²) in [5, 5.41) is 4.77. The molecule has 0 atom stereocenters. The Labute approximate surface area is 159 Å². The fraction of sp³-hybridized carbons (Fsp3) is 0.250. The number of nitrogens with one attached hydrogen (secondary N) is 2. The van der Waals surface area contributed by atoms with Gasteiger partial charge in [0.15, 0.2) is 0 Å². The van der Waals surface area contributed by atoms with Crippen molar-refractivity contribution in [1.82, 2.24) is 0 Å². The third kappa shape index (κ3) is 3.85. The molecule has 0 aliphatic heterocycles. The Kier molecular flexibility index (Phi) is 5.39. The molecular weight excluding hydrogens is 370 g/mol. The molecule has 2 aromatic carbocycles. The maximum Gasteiger partial charge on any atom is 0.338 e. The Balaban J connectivity index is 1.68. The number of hydrogen-bond acceptors (Lipinski definition) is 4. The van der Waals surface area contributed by atoms with Crippen LogP contribution in [0.1, 0.15) is 30.1 Å². The number of halogens is 2. The Hall–Kier alpha value is -3.29. The topological polar surface area (TPSA) is 84.5 Å². The second-order valence-electron chi connectivity index (χ2n) is 6.38. The van der Waals surface area contributed by atoms with E-state index in [-0.39, 0.29) is 19.4 Å². The summed E-state index contributed by atoms with van der Waals surface area (Å²) >= 11 is 0. The zero-order chi connectivity index (χ0) is 20.3. The lowest BCUT2D eigenvalue weighted by Crippen LogP contribution is -2.36. The molecule has 2 aromatic rings. The van der Waals surface area contributed by atoms with E-state index >= 15 is 0 Å². The highest BCUT2D eigenvalue weighted by atomic mass is 19.1. The van der Waals surface area contributed by atoms with Crippen molar-refractivity contribution in [2.45, 2.75) is 19.8 Å². The van der Waals surface area contributed by atoms with Gasteiger partial charge in [-0.1, -0.05) is 6.07 Å². The van der Waals surface area contributed by atoms with E-state index in [9.17, 15) is 23.2 Å². The van der Waals surface area contributed by atoms with Gasteiger partial charge in [0.1, 0.15) is 22.7 Å². The molecule has 1 fully saturated rings. The van der Waals surface area contributed by atoms with Gasteiger partial charge in [-0.2, -0.15) is 0 Å². The van der Waals surface area contributed by atoms with Crippen LogP contribution in [0.25, 0.3) is 0 Å². The zero-order valence-corrected chi connectivity index (χ0v) is 15.1. The second-order valence-corrected chi connectivity index (χ2v) is 6.38. The third-order valence-corrected chi connectivity index (χ3v) is 4.47. The number of ether oxygens (including phenoxy) is 1. The Bertz CT molecular complexity index is 904. The van der Waals surface area contributed by atoms with Gasteiger partial charge in [-0.15, -0.1) is 0 Å². The van der Waals surface area contributed by atoms with Crippen molar-refractivity contribution in [3.8, 4) is 0 Å². The van der Waals surface area contributed by atoms with Crippen LogP contribution < -0.4 is 10.6 Å². The first-order chi connectivity index (χ1) is 13.4. The summed E-state index contributed by atoms with van der Waals surface area (Å²) in [5.74, 6) is -3.66. The van der Waals surface area contributed by atoms with Crippen LogP contribution in [0.4, 0.5) is 20.2 Å². The van der Waals surface area contributed by atoms with Crippen LogP contribution >= 0.6 is 0 Å². The minimum atomic E-state index is -1.38. The van der Waals surface area contributed by atoms with Crippen molar-refractivity contribution in [1.29, 1.82) is 0 Å². The normalized spacial score (nSPS) is 14.1. The molecular formula is C20H18F2N2O4. The molecule has 0 bridgehead atoms. The van der Waals surface area contributed by atoms with Gasteiger partial charge < -0.3 is 15.4 Å². The number of para-hydroxylation sites is 1. The summed E-state index contributed by atoms with van der Waals surface area (Å²) in [6.45, 7) is 1.94. The van der Waals surface area contributed by atoms with E-state index in [4.69, 9.17) is 4.74 Å². The zero-order valence-electron chi connectivity index (χ0n) is 15.1. The van der Waals surface area contributed by atoms with E-state index in [2.05, 4.69) is 10.6 Å². The molecule has 6 nitrogen and oxygen atoms in total. The predicted octanol–water partition coefficient (Wildman–Crippen LogP) is 3.50. The summed E-state index contributed by atoms with van der Waals surface area (Å²) in [5.41, 5.74) is -1.25. The number of benzene rings is 2. The average molecular weight is 388 g/mol. The second kappa shape index (κ2) is 7.75. The molecule has 2 amide bonds. The quantitative estimate of drug-likeness (QED) is 0.586. The Morgan fingerprint density at radius 1 is 0.964 bits per heavy atom. The summed E-state index contributed by atoms with van der Waals surface area (Å²) < 4.78 is 32.3. The van der Waals surface area contributed by atoms with Crippen molar-refractivity contribution in [2.24, 2.45) is 5.41 Å². The lowest BCUT2D eigenvalue weighted by Gasteiger charge is -2.16. The van der Waals surface area contributed by atoms with E-state index in [1.807, 2.05) is 0 Å². The standard InChI is InChI=1S/C20H18F2N2O4/c1-2-28-17(25)12-6-8-13(9-7-12)23-18(26)20(10-11-20)19(27)24-16-14(21)4-3-5-15(16)22/h3-9H,2,10-11H2,1H3,(H,23,26)(H,24,27). The smallest absolute Gasteiger partial charge is 0.338 e. The minimum absolute atomic E-state index is 0.248. The van der Waals surface area contributed by atoms with Crippen LogP contribution in [-0.4, -0.2) is 24.4 Å². The molecule has 0 unspecified atom stereocenters. The van der Waals surface area contributed by atoms with Gasteiger partial charge in [-0.3, -0.25) is 9.59 Å². The fourth-order valence-corrected chi connectivity index (χ4v) is 2.69. The van der Waals surface area contributed by atoms with Crippen molar-refractivity contribution in [3.05, 3.63) is 59.7 Å². The van der Waals surface area contributed by atoms with Crippen LogP contribution in [0.2, 0.25) is 0 Å². The first-order valence-electron chi connectivity index (χ1n) is 8.71. The maximum absolute atomic E-state index is 13.7. The van der Waals surface area contributed by atoms with E-state index < -0.39 is 40.5 Å². The van der Waals surface area contributed by atoms with E-state index in [0.29, 0.717) is 11.3 Å². The van der Waals surface area contributed by atoms with Gasteiger partial charge in [0.2, 0.25) is 11.8 Å². The highest BCUT2D eigenvalue weighted by molar-refractivity contribution is 6.17. The third-order valence-electron chi connectivity index (χ3n) is 4.47. The lowest BCUT2D eigenvalue weighted by molar-refractivity contribution is -0.131. The van der Waals surface area contributed by atoms with Gasteiger partial charge in [0.25, 0.3) is 0 Å². The molecule has 1 aliphatic carbocycles. The SMILES string of the molecule is CCOC(=O)c1ccc(NC(=O)C2(C(=O)Nc3c(F)cccc3F)CC2)cc1. The number of carbonyl (C=O) groups is 3. The first-order valence-corrected chi connectivity index (χ1v) is 8.71. The highest BCUT2D eigenvalue weighted by Gasteiger charge is 2.56. The van der Waals surface area contributed by atoms with Gasteiger partial charge in [0, 0.05) is 5.69 Å². The molecule has 0 aromatic heterocycles. The number of carbonyl (C=O) groups excluding carboxylic acids is 3. The molecule has 8 heteroatoms.